The summed E-state index contributed by atoms with van der Waals surface area (Å²) in [4.78, 5) is 10.9. The van der Waals surface area contributed by atoms with E-state index < -0.39 is 0 Å². The molecule has 1 aromatic rings. The minimum Gasteiger partial charge on any atom is -0.295 e. The molecule has 2 heteroatoms. The SMILES string of the molecule is Bc1ccccc1C(C)=O. The van der Waals surface area contributed by atoms with Gasteiger partial charge in [0.1, 0.15) is 7.85 Å². The maximum Gasteiger partial charge on any atom is 0.159 e. The minimum atomic E-state index is 0.137. The van der Waals surface area contributed by atoms with Crippen LogP contribution in [0.3, 0.4) is 0 Å². The fourth-order valence-corrected chi connectivity index (χ4v) is 0.968. The van der Waals surface area contributed by atoms with Gasteiger partial charge in [0.05, 0.1) is 0 Å². The van der Waals surface area contributed by atoms with Gasteiger partial charge in [-0.3, -0.25) is 4.79 Å². The Morgan fingerprint density at radius 2 is 2.00 bits per heavy atom. The molecule has 0 amide bonds. The molecule has 0 aromatic heterocycles. The van der Waals surface area contributed by atoms with Crippen LogP contribution in [0.5, 0.6) is 0 Å². The highest BCUT2D eigenvalue weighted by molar-refractivity contribution is 6.36. The Kier molecular flexibility index (Phi) is 1.90. The summed E-state index contributed by atoms with van der Waals surface area (Å²) in [7, 11) is 1.94. The molecule has 1 rings (SSSR count). The second-order valence-corrected chi connectivity index (χ2v) is 2.37. The number of carbonyl (C=O) groups excluding carboxylic acids is 1. The third-order valence-corrected chi connectivity index (χ3v) is 1.52. The van der Waals surface area contributed by atoms with Gasteiger partial charge in [-0.25, -0.2) is 0 Å². The molecule has 0 spiro atoms. The van der Waals surface area contributed by atoms with Gasteiger partial charge < -0.3 is 0 Å². The lowest BCUT2D eigenvalue weighted by Crippen LogP contribution is -2.12. The molecular weight excluding hydrogens is 123 g/mol. The Bertz CT molecular complexity index is 255. The lowest BCUT2D eigenvalue weighted by atomic mass is 9.89. The van der Waals surface area contributed by atoms with E-state index >= 15 is 0 Å². The smallest absolute Gasteiger partial charge is 0.159 e. The van der Waals surface area contributed by atoms with Crippen molar-refractivity contribution in [3.05, 3.63) is 29.8 Å². The predicted molar refractivity (Wildman–Crippen MR) is 44.6 cm³/mol. The number of benzene rings is 1. The van der Waals surface area contributed by atoms with Crippen LogP contribution in [-0.2, 0) is 0 Å². The molecule has 0 aliphatic heterocycles. The predicted octanol–water partition coefficient (Wildman–Crippen LogP) is 0.148. The summed E-state index contributed by atoms with van der Waals surface area (Å²) >= 11 is 0. The van der Waals surface area contributed by atoms with Crippen LogP contribution in [0, 0.1) is 0 Å². The van der Waals surface area contributed by atoms with Crippen LogP contribution in [0.4, 0.5) is 0 Å². The Morgan fingerprint density at radius 1 is 1.40 bits per heavy atom. The van der Waals surface area contributed by atoms with Crippen molar-refractivity contribution in [2.45, 2.75) is 6.92 Å². The summed E-state index contributed by atoms with van der Waals surface area (Å²) in [5, 5.41) is 0. The number of hydrogen-bond acceptors (Lipinski definition) is 1. The molecule has 50 valence electrons. The zero-order valence-electron chi connectivity index (χ0n) is 6.22. The van der Waals surface area contributed by atoms with Gasteiger partial charge in [-0.1, -0.05) is 29.7 Å². The lowest BCUT2D eigenvalue weighted by Gasteiger charge is -1.97. The number of ketones is 1. The van der Waals surface area contributed by atoms with Crippen molar-refractivity contribution >= 4 is 19.1 Å². The fraction of sp³-hybridized carbons (Fsp3) is 0.125. The van der Waals surface area contributed by atoms with Gasteiger partial charge in [0.15, 0.2) is 5.78 Å². The maximum absolute atomic E-state index is 10.9. The second-order valence-electron chi connectivity index (χ2n) is 2.37. The average Bonchev–Trinajstić information content (AvgIpc) is 1.88. The van der Waals surface area contributed by atoms with Gasteiger partial charge in [-0.2, -0.15) is 0 Å². The first-order valence-electron chi connectivity index (χ1n) is 3.28. The normalized spacial score (nSPS) is 9.30. The first-order chi connectivity index (χ1) is 4.72. The van der Waals surface area contributed by atoms with Crippen molar-refractivity contribution in [1.29, 1.82) is 0 Å². The molecule has 1 nitrogen and oxygen atoms in total. The molecule has 0 unspecified atom stereocenters. The third-order valence-electron chi connectivity index (χ3n) is 1.52. The van der Waals surface area contributed by atoms with Crippen molar-refractivity contribution < 1.29 is 4.79 Å². The number of carbonyl (C=O) groups is 1. The summed E-state index contributed by atoms with van der Waals surface area (Å²) in [6, 6.07) is 7.60. The maximum atomic E-state index is 10.9. The van der Waals surface area contributed by atoms with Gasteiger partial charge >= 0.3 is 0 Å². The third kappa shape index (κ3) is 1.27. The quantitative estimate of drug-likeness (QED) is 0.392. The zero-order chi connectivity index (χ0) is 7.56. The van der Waals surface area contributed by atoms with E-state index in [0.717, 1.165) is 11.0 Å². The highest BCUT2D eigenvalue weighted by atomic mass is 16.1. The molecule has 0 heterocycles. The van der Waals surface area contributed by atoms with Crippen LogP contribution in [0.25, 0.3) is 0 Å². The zero-order valence-corrected chi connectivity index (χ0v) is 6.22. The van der Waals surface area contributed by atoms with Crippen LogP contribution in [0.15, 0.2) is 24.3 Å². The molecule has 0 fully saturated rings. The van der Waals surface area contributed by atoms with Crippen LogP contribution < -0.4 is 5.46 Å². The summed E-state index contributed by atoms with van der Waals surface area (Å²) < 4.78 is 0. The van der Waals surface area contributed by atoms with Gasteiger partial charge in [0.2, 0.25) is 0 Å². The van der Waals surface area contributed by atoms with Crippen LogP contribution >= 0.6 is 0 Å². The molecule has 0 radical (unpaired) electrons. The molecule has 0 atom stereocenters. The van der Waals surface area contributed by atoms with Crippen molar-refractivity contribution in [1.82, 2.24) is 0 Å². The highest BCUT2D eigenvalue weighted by Gasteiger charge is 1.99. The van der Waals surface area contributed by atoms with Crippen molar-refractivity contribution in [2.24, 2.45) is 0 Å². The van der Waals surface area contributed by atoms with E-state index in [4.69, 9.17) is 0 Å². The number of rotatable bonds is 1. The van der Waals surface area contributed by atoms with Crippen LogP contribution in [0.2, 0.25) is 0 Å². The van der Waals surface area contributed by atoms with Crippen molar-refractivity contribution in [3.8, 4) is 0 Å². The van der Waals surface area contributed by atoms with Gasteiger partial charge in [0.25, 0.3) is 0 Å². The van der Waals surface area contributed by atoms with E-state index in [1.165, 1.54) is 0 Å². The molecular formula is C8H9BO. The molecule has 0 bridgehead atoms. The van der Waals surface area contributed by atoms with Crippen molar-refractivity contribution in [2.75, 3.05) is 0 Å². The Balaban J connectivity index is 3.15. The molecule has 10 heavy (non-hydrogen) atoms. The van der Waals surface area contributed by atoms with E-state index in [1.807, 2.05) is 32.1 Å². The largest absolute Gasteiger partial charge is 0.295 e. The molecule has 0 aliphatic carbocycles. The number of Topliss-reactive ketones (excluding diaryl/α,β-unsaturated/α-hetero) is 1. The molecule has 0 saturated carbocycles. The Morgan fingerprint density at radius 3 is 2.40 bits per heavy atom. The minimum absolute atomic E-state index is 0.137. The molecule has 0 aliphatic rings. The molecule has 0 N–H and O–H groups in total. The van der Waals surface area contributed by atoms with E-state index in [2.05, 4.69) is 0 Å². The summed E-state index contributed by atoms with van der Waals surface area (Å²) in [5.74, 6) is 0.137. The Labute approximate surface area is 61.5 Å². The van der Waals surface area contributed by atoms with Gasteiger partial charge in [-0.05, 0) is 6.92 Å². The topological polar surface area (TPSA) is 17.1 Å². The van der Waals surface area contributed by atoms with Crippen LogP contribution in [0.1, 0.15) is 17.3 Å². The van der Waals surface area contributed by atoms with E-state index in [0.29, 0.717) is 0 Å². The highest BCUT2D eigenvalue weighted by Crippen LogP contribution is 1.94. The standard InChI is InChI=1S/C8H9BO/c1-6(10)7-4-2-3-5-8(7)9/h2-5H,9H2,1H3. The number of hydrogen-bond donors (Lipinski definition) is 0. The summed E-state index contributed by atoms with van der Waals surface area (Å²) in [6.07, 6.45) is 0. The van der Waals surface area contributed by atoms with Crippen LogP contribution in [-0.4, -0.2) is 13.6 Å². The average molecular weight is 132 g/mol. The fourth-order valence-electron chi connectivity index (χ4n) is 0.968. The molecule has 0 saturated heterocycles. The van der Waals surface area contributed by atoms with Gasteiger partial charge in [0, 0.05) is 5.56 Å². The Hall–Kier alpha value is -1.05. The molecule has 1 aromatic carbocycles. The first kappa shape index (κ1) is 7.07. The van der Waals surface area contributed by atoms with Crippen molar-refractivity contribution in [3.63, 3.8) is 0 Å². The van der Waals surface area contributed by atoms with E-state index in [1.54, 1.807) is 6.92 Å². The lowest BCUT2D eigenvalue weighted by molar-refractivity contribution is 0.101. The van der Waals surface area contributed by atoms with E-state index in [9.17, 15) is 4.79 Å². The monoisotopic (exact) mass is 132 g/mol. The first-order valence-corrected chi connectivity index (χ1v) is 3.28. The summed E-state index contributed by atoms with van der Waals surface area (Å²) in [5.41, 5.74) is 1.87. The van der Waals surface area contributed by atoms with Gasteiger partial charge in [-0.15, -0.1) is 0 Å². The summed E-state index contributed by atoms with van der Waals surface area (Å²) in [6.45, 7) is 1.59. The van der Waals surface area contributed by atoms with E-state index in [-0.39, 0.29) is 5.78 Å². The second kappa shape index (κ2) is 2.69.